The Morgan fingerprint density at radius 1 is 1.00 bits per heavy atom. The minimum Gasteiger partial charge on any atom is -0.348 e. The maximum Gasteiger partial charge on any atom is 0.264 e. The molecule has 0 aliphatic carbocycles. The Bertz CT molecular complexity index is 1170. The molecule has 2 aromatic carbocycles. The second-order valence-corrected chi connectivity index (χ2v) is 8.56. The number of fused-ring (bicyclic) bond motifs is 1. The number of hydrogen-bond donors (Lipinski definition) is 2. The number of benzene rings is 2. The molecule has 148 valence electrons. The van der Waals surface area contributed by atoms with Crippen LogP contribution in [0.1, 0.15) is 18.5 Å². The highest BCUT2D eigenvalue weighted by molar-refractivity contribution is 7.88. The van der Waals surface area contributed by atoms with Crippen LogP contribution in [0.25, 0.3) is 0 Å². The molecule has 0 saturated heterocycles. The quantitative estimate of drug-likeness (QED) is 0.608. The van der Waals surface area contributed by atoms with Crippen LogP contribution in [0.5, 0.6) is 0 Å². The average molecular weight is 409 g/mol. The van der Waals surface area contributed by atoms with E-state index in [-0.39, 0.29) is 10.6 Å². The van der Waals surface area contributed by atoms with E-state index in [1.54, 1.807) is 12.3 Å². The van der Waals surface area contributed by atoms with Gasteiger partial charge in [0.2, 0.25) is 12.3 Å². The number of quaternary nitrogens is 1. The molecule has 2 unspecified atom stereocenters. The number of nitrogens with one attached hydrogen (secondary N) is 2. The van der Waals surface area contributed by atoms with Crippen molar-refractivity contribution in [1.29, 1.82) is 0 Å². The number of aliphatic imine (C=N–C) groups is 1. The second kappa shape index (κ2) is 7.36. The van der Waals surface area contributed by atoms with E-state index in [0.29, 0.717) is 23.1 Å². The van der Waals surface area contributed by atoms with Gasteiger partial charge in [-0.05, 0) is 23.4 Å². The molecule has 0 amide bonds. The first kappa shape index (κ1) is 19.2. The number of aromatic nitrogens is 2. The molecule has 2 heterocycles. The highest BCUT2D eigenvalue weighted by Gasteiger charge is 2.43. The van der Waals surface area contributed by atoms with Crippen LogP contribution in [0, 0.1) is 0 Å². The van der Waals surface area contributed by atoms with E-state index in [0.717, 1.165) is 11.8 Å². The summed E-state index contributed by atoms with van der Waals surface area (Å²) in [5, 5.41) is 3.27. The molecule has 3 aromatic rings. The van der Waals surface area contributed by atoms with Crippen LogP contribution in [-0.4, -0.2) is 31.0 Å². The third-order valence-electron chi connectivity index (χ3n) is 4.59. The largest absolute Gasteiger partial charge is 0.348 e. The summed E-state index contributed by atoms with van der Waals surface area (Å²) >= 11 is 0. The Labute approximate surface area is 169 Å². The predicted molar refractivity (Wildman–Crippen MR) is 115 cm³/mol. The number of sulfonamides is 1. The van der Waals surface area contributed by atoms with Crippen LogP contribution < -0.4 is 14.7 Å². The topological polar surface area (TPSA) is 96.3 Å². The van der Waals surface area contributed by atoms with Gasteiger partial charge in [-0.2, -0.15) is 9.98 Å². The van der Waals surface area contributed by atoms with Crippen LogP contribution in [0.3, 0.4) is 0 Å². The Balaban J connectivity index is 1.74. The summed E-state index contributed by atoms with van der Waals surface area (Å²) in [6.07, 6.45) is 4.24. The van der Waals surface area contributed by atoms with Gasteiger partial charge in [-0.15, -0.1) is 4.59 Å². The van der Waals surface area contributed by atoms with Crippen LogP contribution in [0.15, 0.2) is 71.9 Å². The lowest BCUT2D eigenvalue weighted by Crippen LogP contribution is -2.55. The second-order valence-electron chi connectivity index (χ2n) is 6.83. The summed E-state index contributed by atoms with van der Waals surface area (Å²) in [5.41, 5.74) is 2.43. The third kappa shape index (κ3) is 3.88. The molecule has 1 aliphatic rings. The van der Waals surface area contributed by atoms with Gasteiger partial charge >= 0.3 is 0 Å². The molecule has 8 nitrogen and oxygen atoms in total. The highest BCUT2D eigenvalue weighted by Crippen LogP contribution is 2.42. The van der Waals surface area contributed by atoms with Gasteiger partial charge in [-0.25, -0.2) is 13.4 Å². The summed E-state index contributed by atoms with van der Waals surface area (Å²) in [4.78, 5) is 16.0. The molecule has 1 aliphatic heterocycles. The van der Waals surface area contributed by atoms with E-state index >= 15 is 0 Å². The molecule has 4 rings (SSSR count). The van der Waals surface area contributed by atoms with Gasteiger partial charge in [0.15, 0.2) is 5.69 Å². The summed E-state index contributed by atoms with van der Waals surface area (Å²) < 4.78 is 24.0. The Morgan fingerprint density at radius 2 is 1.72 bits per heavy atom. The molecule has 2 atom stereocenters. The minimum atomic E-state index is -3.59. The van der Waals surface area contributed by atoms with Crippen molar-refractivity contribution in [2.45, 2.75) is 13.0 Å². The lowest BCUT2D eigenvalue weighted by Gasteiger charge is -2.27. The third-order valence-corrected chi connectivity index (χ3v) is 5.21. The highest BCUT2D eigenvalue weighted by atomic mass is 32.2. The fourth-order valence-electron chi connectivity index (χ4n) is 3.28. The fourth-order valence-corrected chi connectivity index (χ4v) is 4.04. The standard InChI is InChI=1S/C20H21N6O2S/c1-15(16-8-4-3-5-9-16)23-20-21-13-12-19(24-20)26(25-29(2,27)28)14-22-17-10-6-7-11-18(17)26/h3-15,25H,1-2H3,(H,21,23,24)/q+1. The van der Waals surface area contributed by atoms with Crippen LogP contribution >= 0.6 is 0 Å². The Morgan fingerprint density at radius 3 is 2.48 bits per heavy atom. The van der Waals surface area contributed by atoms with Crippen molar-refractivity contribution in [3.05, 3.63) is 72.4 Å². The first-order valence-corrected chi connectivity index (χ1v) is 10.9. The van der Waals surface area contributed by atoms with E-state index in [1.165, 1.54) is 6.34 Å². The average Bonchev–Trinajstić information content (AvgIpc) is 3.07. The molecule has 1 aromatic heterocycles. The lowest BCUT2D eigenvalue weighted by atomic mass is 10.1. The summed E-state index contributed by atoms with van der Waals surface area (Å²) in [6, 6.07) is 18.9. The Kier molecular flexibility index (Phi) is 4.87. The van der Waals surface area contributed by atoms with E-state index in [4.69, 9.17) is 0 Å². The van der Waals surface area contributed by atoms with Crippen molar-refractivity contribution in [3.63, 3.8) is 0 Å². The molecule has 0 saturated carbocycles. The van der Waals surface area contributed by atoms with E-state index in [2.05, 4.69) is 25.1 Å². The number of hydrogen-bond acceptors (Lipinski definition) is 6. The molecule has 2 N–H and O–H groups in total. The van der Waals surface area contributed by atoms with E-state index in [1.807, 2.05) is 61.5 Å². The van der Waals surface area contributed by atoms with Gasteiger partial charge in [0, 0.05) is 18.3 Å². The maximum atomic E-state index is 12.2. The minimum absolute atomic E-state index is 0.0256. The monoisotopic (exact) mass is 409 g/mol. The molecule has 0 radical (unpaired) electrons. The van der Waals surface area contributed by atoms with Gasteiger partial charge in [0.25, 0.3) is 15.8 Å². The van der Waals surface area contributed by atoms with Crippen molar-refractivity contribution in [2.24, 2.45) is 4.99 Å². The zero-order chi connectivity index (χ0) is 20.5. The molecule has 0 fully saturated rings. The van der Waals surface area contributed by atoms with Crippen LogP contribution in [-0.2, 0) is 10.0 Å². The number of nitrogens with zero attached hydrogens (tertiary/aromatic N) is 4. The van der Waals surface area contributed by atoms with Gasteiger partial charge in [-0.3, -0.25) is 0 Å². The van der Waals surface area contributed by atoms with Crippen LogP contribution in [0.2, 0.25) is 0 Å². The predicted octanol–water partition coefficient (Wildman–Crippen LogP) is 3.43. The molecule has 29 heavy (non-hydrogen) atoms. The van der Waals surface area contributed by atoms with Crippen LogP contribution in [0.4, 0.5) is 23.1 Å². The lowest BCUT2D eigenvalue weighted by molar-refractivity contribution is 0.492. The zero-order valence-corrected chi connectivity index (χ0v) is 16.8. The van der Waals surface area contributed by atoms with Gasteiger partial charge in [-0.1, -0.05) is 42.5 Å². The maximum absolute atomic E-state index is 12.2. The van der Waals surface area contributed by atoms with Crippen molar-refractivity contribution < 1.29 is 8.42 Å². The van der Waals surface area contributed by atoms with Gasteiger partial charge < -0.3 is 5.32 Å². The van der Waals surface area contributed by atoms with Crippen molar-refractivity contribution in [2.75, 3.05) is 11.6 Å². The SMILES string of the molecule is CC(Nc1nccc([N+]2(NS(C)(=O)=O)C=Nc3ccccc32)n1)c1ccccc1. The summed E-state index contributed by atoms with van der Waals surface area (Å²) in [7, 11) is -3.59. The molecular formula is C20H21N6O2S+. The Hall–Kier alpha value is -3.14. The first-order chi connectivity index (χ1) is 13.9. The number of anilines is 1. The molecular weight excluding hydrogens is 388 g/mol. The summed E-state index contributed by atoms with van der Waals surface area (Å²) in [5.74, 6) is 0.825. The molecule has 0 bridgehead atoms. The van der Waals surface area contributed by atoms with Crippen molar-refractivity contribution in [3.8, 4) is 0 Å². The first-order valence-electron chi connectivity index (χ1n) is 9.05. The number of rotatable bonds is 6. The fraction of sp³-hybridized carbons (Fsp3) is 0.150. The zero-order valence-electron chi connectivity index (χ0n) is 16.0. The van der Waals surface area contributed by atoms with Gasteiger partial charge in [0.05, 0.1) is 12.3 Å². The normalized spacial score (nSPS) is 19.0. The molecule has 0 spiro atoms. The smallest absolute Gasteiger partial charge is 0.264 e. The number of para-hydroxylation sites is 2. The van der Waals surface area contributed by atoms with Crippen molar-refractivity contribution in [1.82, 2.24) is 19.4 Å². The summed E-state index contributed by atoms with van der Waals surface area (Å²) in [6.45, 7) is 2.01. The van der Waals surface area contributed by atoms with E-state index < -0.39 is 10.0 Å². The van der Waals surface area contributed by atoms with Gasteiger partial charge in [0.1, 0.15) is 5.69 Å². The van der Waals surface area contributed by atoms with Crippen molar-refractivity contribution >= 4 is 39.5 Å². The molecule has 9 heteroatoms. The van der Waals surface area contributed by atoms with E-state index in [9.17, 15) is 8.42 Å².